The highest BCUT2D eigenvalue weighted by molar-refractivity contribution is 7.89. The highest BCUT2D eigenvalue weighted by atomic mass is 35.5. The number of nitrogens with one attached hydrogen (secondary N) is 2. The van der Waals surface area contributed by atoms with Crippen molar-refractivity contribution in [2.24, 2.45) is 0 Å². The first-order chi connectivity index (χ1) is 15.7. The minimum atomic E-state index is -3.83. The Hall–Kier alpha value is -2.42. The Morgan fingerprint density at radius 2 is 1.70 bits per heavy atom. The van der Waals surface area contributed by atoms with Crippen molar-refractivity contribution < 1.29 is 18.0 Å². The van der Waals surface area contributed by atoms with Crippen molar-refractivity contribution in [1.29, 1.82) is 0 Å². The van der Waals surface area contributed by atoms with Crippen LogP contribution in [0.25, 0.3) is 0 Å². The lowest BCUT2D eigenvalue weighted by atomic mass is 10.1. The predicted molar refractivity (Wildman–Crippen MR) is 130 cm³/mol. The van der Waals surface area contributed by atoms with Gasteiger partial charge >= 0.3 is 0 Å². The van der Waals surface area contributed by atoms with Crippen LogP contribution in [-0.4, -0.2) is 43.7 Å². The Kier molecular flexibility index (Phi) is 8.51. The molecule has 0 bridgehead atoms. The highest BCUT2D eigenvalue weighted by Crippen LogP contribution is 2.28. The number of carbonyl (C=O) groups excluding carboxylic acids is 2. The van der Waals surface area contributed by atoms with Crippen LogP contribution in [0.2, 0.25) is 5.02 Å². The first-order valence-electron chi connectivity index (χ1n) is 11.2. The van der Waals surface area contributed by atoms with Gasteiger partial charge in [0.05, 0.1) is 16.3 Å². The summed E-state index contributed by atoms with van der Waals surface area (Å²) >= 11 is 6.24. The van der Waals surface area contributed by atoms with Crippen LogP contribution in [0.3, 0.4) is 0 Å². The van der Waals surface area contributed by atoms with Crippen LogP contribution >= 0.6 is 11.6 Å². The largest absolute Gasteiger partial charge is 0.350 e. The topological polar surface area (TPSA) is 95.6 Å². The molecular formula is C24H30ClN3O4S. The predicted octanol–water partition coefficient (Wildman–Crippen LogP) is 4.69. The first-order valence-corrected chi connectivity index (χ1v) is 13.1. The van der Waals surface area contributed by atoms with Gasteiger partial charge in [0, 0.05) is 24.7 Å². The van der Waals surface area contributed by atoms with E-state index in [-0.39, 0.29) is 27.4 Å². The van der Waals surface area contributed by atoms with Crippen LogP contribution in [0.15, 0.2) is 47.4 Å². The molecule has 2 aromatic rings. The molecule has 1 heterocycles. The third-order valence-electron chi connectivity index (χ3n) is 5.79. The fourth-order valence-electron chi connectivity index (χ4n) is 3.65. The van der Waals surface area contributed by atoms with Gasteiger partial charge in [-0.05, 0) is 56.5 Å². The average molecular weight is 492 g/mol. The summed E-state index contributed by atoms with van der Waals surface area (Å²) in [6.45, 7) is 4.75. The van der Waals surface area contributed by atoms with Gasteiger partial charge in [-0.25, -0.2) is 8.42 Å². The molecule has 178 valence electrons. The Morgan fingerprint density at radius 3 is 2.36 bits per heavy atom. The summed E-state index contributed by atoms with van der Waals surface area (Å²) in [5.41, 5.74) is 0.817. The Balaban J connectivity index is 1.86. The summed E-state index contributed by atoms with van der Waals surface area (Å²) in [7, 11) is -3.83. The van der Waals surface area contributed by atoms with Gasteiger partial charge < -0.3 is 10.6 Å². The van der Waals surface area contributed by atoms with Gasteiger partial charge in [-0.15, -0.1) is 0 Å². The molecule has 1 atom stereocenters. The lowest BCUT2D eigenvalue weighted by molar-refractivity contribution is 0.0940. The van der Waals surface area contributed by atoms with E-state index in [1.54, 1.807) is 24.3 Å². The second-order valence-corrected chi connectivity index (χ2v) is 10.6. The molecule has 7 nitrogen and oxygen atoms in total. The lowest BCUT2D eigenvalue weighted by Crippen LogP contribution is -2.33. The second kappa shape index (κ2) is 11.1. The van der Waals surface area contributed by atoms with E-state index >= 15 is 0 Å². The van der Waals surface area contributed by atoms with Crippen molar-refractivity contribution >= 4 is 39.1 Å². The van der Waals surface area contributed by atoms with E-state index in [1.807, 2.05) is 13.8 Å². The monoisotopic (exact) mass is 491 g/mol. The number of rotatable bonds is 7. The number of amides is 2. The number of nitrogens with zero attached hydrogens (tertiary/aromatic N) is 1. The summed E-state index contributed by atoms with van der Waals surface area (Å²) in [5, 5.41) is 5.69. The van der Waals surface area contributed by atoms with Gasteiger partial charge in [-0.2, -0.15) is 4.31 Å². The maximum atomic E-state index is 13.2. The van der Waals surface area contributed by atoms with Crippen molar-refractivity contribution in [1.82, 2.24) is 9.62 Å². The fraction of sp³-hybridized carbons (Fsp3) is 0.417. The van der Waals surface area contributed by atoms with E-state index in [4.69, 9.17) is 11.6 Å². The number of benzene rings is 2. The molecule has 0 unspecified atom stereocenters. The van der Waals surface area contributed by atoms with Gasteiger partial charge in [0.1, 0.15) is 4.90 Å². The third kappa shape index (κ3) is 6.13. The van der Waals surface area contributed by atoms with Crippen LogP contribution in [0.1, 0.15) is 66.7 Å². The van der Waals surface area contributed by atoms with Crippen molar-refractivity contribution in [2.75, 3.05) is 18.4 Å². The average Bonchev–Trinajstić information content (AvgIpc) is 3.09. The van der Waals surface area contributed by atoms with E-state index in [0.717, 1.165) is 32.1 Å². The number of para-hydroxylation sites is 1. The molecule has 0 saturated carbocycles. The molecule has 1 aliphatic heterocycles. The molecule has 0 aromatic heterocycles. The van der Waals surface area contributed by atoms with Gasteiger partial charge in [-0.3, -0.25) is 9.59 Å². The van der Waals surface area contributed by atoms with Gasteiger partial charge in [-0.1, -0.05) is 43.5 Å². The van der Waals surface area contributed by atoms with E-state index in [1.165, 1.54) is 22.5 Å². The minimum Gasteiger partial charge on any atom is -0.350 e. The van der Waals surface area contributed by atoms with Crippen molar-refractivity contribution in [3.8, 4) is 0 Å². The molecule has 1 saturated heterocycles. The van der Waals surface area contributed by atoms with Crippen LogP contribution in [-0.2, 0) is 10.0 Å². The Morgan fingerprint density at radius 1 is 1.03 bits per heavy atom. The van der Waals surface area contributed by atoms with Gasteiger partial charge in [0.25, 0.3) is 11.8 Å². The van der Waals surface area contributed by atoms with E-state index in [0.29, 0.717) is 24.3 Å². The SMILES string of the molecule is CC[C@H](C)NC(=O)c1ccccc1NC(=O)c1ccc(Cl)c(S(=O)(=O)N2CCCCCC2)c1. The normalized spacial score (nSPS) is 16.0. The molecule has 2 N–H and O–H groups in total. The van der Waals surface area contributed by atoms with Gasteiger partial charge in [0.2, 0.25) is 10.0 Å². The van der Waals surface area contributed by atoms with E-state index in [2.05, 4.69) is 10.6 Å². The Labute approximate surface area is 200 Å². The van der Waals surface area contributed by atoms with Crippen molar-refractivity contribution in [3.63, 3.8) is 0 Å². The quantitative estimate of drug-likeness (QED) is 0.587. The molecule has 0 aliphatic carbocycles. The lowest BCUT2D eigenvalue weighted by Gasteiger charge is -2.21. The van der Waals surface area contributed by atoms with Crippen LogP contribution in [0.5, 0.6) is 0 Å². The van der Waals surface area contributed by atoms with Crippen molar-refractivity contribution in [2.45, 2.75) is 56.9 Å². The summed E-state index contributed by atoms with van der Waals surface area (Å²) in [6, 6.07) is 10.9. The van der Waals surface area contributed by atoms with Crippen LogP contribution in [0.4, 0.5) is 5.69 Å². The molecule has 2 aromatic carbocycles. The maximum absolute atomic E-state index is 13.2. The number of anilines is 1. The van der Waals surface area contributed by atoms with Gasteiger partial charge in [0.15, 0.2) is 0 Å². The molecule has 3 rings (SSSR count). The van der Waals surface area contributed by atoms with Crippen LogP contribution in [0, 0.1) is 0 Å². The number of sulfonamides is 1. The summed E-state index contributed by atoms with van der Waals surface area (Å²) < 4.78 is 27.9. The third-order valence-corrected chi connectivity index (χ3v) is 8.17. The molecule has 0 radical (unpaired) electrons. The molecular weight excluding hydrogens is 462 g/mol. The zero-order valence-electron chi connectivity index (χ0n) is 18.9. The zero-order valence-corrected chi connectivity index (χ0v) is 20.5. The Bertz CT molecular complexity index is 1110. The number of carbonyl (C=O) groups is 2. The minimum absolute atomic E-state index is 0.00993. The number of hydrogen-bond acceptors (Lipinski definition) is 4. The molecule has 2 amide bonds. The number of halogens is 1. The first kappa shape index (κ1) is 25.2. The van der Waals surface area contributed by atoms with E-state index in [9.17, 15) is 18.0 Å². The molecule has 0 spiro atoms. The standard InChI is InChI=1S/C24H30ClN3O4S/c1-3-17(2)26-24(30)19-10-6-7-11-21(19)27-23(29)18-12-13-20(25)22(16-18)33(31,32)28-14-8-4-5-9-15-28/h6-7,10-13,16-17H,3-5,8-9,14-15H2,1-2H3,(H,26,30)(H,27,29)/t17-/m0/s1. The van der Waals surface area contributed by atoms with Crippen molar-refractivity contribution in [3.05, 3.63) is 58.6 Å². The summed E-state index contributed by atoms with van der Waals surface area (Å²) in [5.74, 6) is -0.816. The van der Waals surface area contributed by atoms with Crippen LogP contribution < -0.4 is 10.6 Å². The maximum Gasteiger partial charge on any atom is 0.255 e. The smallest absolute Gasteiger partial charge is 0.255 e. The summed E-state index contributed by atoms with van der Waals surface area (Å²) in [4.78, 5) is 25.5. The molecule has 33 heavy (non-hydrogen) atoms. The fourth-order valence-corrected chi connectivity index (χ4v) is 5.67. The second-order valence-electron chi connectivity index (χ2n) is 8.25. The zero-order chi connectivity index (χ0) is 24.0. The highest BCUT2D eigenvalue weighted by Gasteiger charge is 2.28. The number of hydrogen-bond donors (Lipinski definition) is 2. The molecule has 1 aliphatic rings. The summed E-state index contributed by atoms with van der Waals surface area (Å²) in [6.07, 6.45) is 4.36. The molecule has 1 fully saturated rings. The molecule has 9 heteroatoms. The van der Waals surface area contributed by atoms with E-state index < -0.39 is 15.9 Å².